The Morgan fingerprint density at radius 2 is 2.31 bits per heavy atom. The Labute approximate surface area is 105 Å². The van der Waals surface area contributed by atoms with Gasteiger partial charge in [0, 0.05) is 20.2 Å². The number of nitrogens with two attached hydrogens (primary N) is 1. The molecule has 4 nitrogen and oxygen atoms in total. The Morgan fingerprint density at radius 1 is 1.56 bits per heavy atom. The number of likely N-dealkylation sites (N-methyl/N-ethyl adjacent to an activating group) is 1. The predicted molar refractivity (Wildman–Crippen MR) is 67.3 cm³/mol. The van der Waals surface area contributed by atoms with Crippen molar-refractivity contribution in [2.24, 2.45) is 5.73 Å². The van der Waals surface area contributed by atoms with Crippen molar-refractivity contribution in [2.45, 2.75) is 13.0 Å². The fraction of sp³-hybridized carbons (Fsp3) is 0.636. The number of halogens is 1. The molecule has 1 aromatic heterocycles. The fourth-order valence-corrected chi connectivity index (χ4v) is 2.01. The second-order valence-corrected chi connectivity index (χ2v) is 4.30. The molecule has 0 radical (unpaired) electrons. The quantitative estimate of drug-likeness (QED) is 0.835. The van der Waals surface area contributed by atoms with E-state index in [2.05, 4.69) is 27.8 Å². The monoisotopic (exact) mass is 290 g/mol. The molecule has 0 spiro atoms. The third-order valence-corrected chi connectivity index (χ3v) is 3.00. The summed E-state index contributed by atoms with van der Waals surface area (Å²) >= 11 is 3.30. The highest BCUT2D eigenvalue weighted by Gasteiger charge is 2.20. The summed E-state index contributed by atoms with van der Waals surface area (Å²) in [7, 11) is 1.70. The Morgan fingerprint density at radius 3 is 2.75 bits per heavy atom. The molecular formula is C11H19BrN2O2. The van der Waals surface area contributed by atoms with E-state index in [1.54, 1.807) is 7.11 Å². The van der Waals surface area contributed by atoms with Gasteiger partial charge in [0.05, 0.1) is 12.6 Å². The summed E-state index contributed by atoms with van der Waals surface area (Å²) in [4.78, 5) is 2.24. The molecule has 1 heterocycles. The first-order valence-corrected chi connectivity index (χ1v) is 6.20. The number of hydrogen-bond acceptors (Lipinski definition) is 4. The lowest BCUT2D eigenvalue weighted by Gasteiger charge is -2.27. The highest BCUT2D eigenvalue weighted by molar-refractivity contribution is 9.10. The smallest absolute Gasteiger partial charge is 0.169 e. The Bertz CT molecular complexity index is 304. The van der Waals surface area contributed by atoms with Gasteiger partial charge in [-0.25, -0.2) is 0 Å². The van der Waals surface area contributed by atoms with Gasteiger partial charge in [0.1, 0.15) is 5.76 Å². The second-order valence-electron chi connectivity index (χ2n) is 3.51. The van der Waals surface area contributed by atoms with Crippen molar-refractivity contribution in [3.8, 4) is 0 Å². The van der Waals surface area contributed by atoms with Crippen molar-refractivity contribution in [2.75, 3.05) is 33.4 Å². The molecule has 2 N–H and O–H groups in total. The first-order chi connectivity index (χ1) is 7.72. The van der Waals surface area contributed by atoms with E-state index >= 15 is 0 Å². The van der Waals surface area contributed by atoms with Crippen molar-refractivity contribution in [3.63, 3.8) is 0 Å². The zero-order valence-electron chi connectivity index (χ0n) is 9.78. The summed E-state index contributed by atoms with van der Waals surface area (Å²) in [6, 6.07) is 3.96. The summed E-state index contributed by atoms with van der Waals surface area (Å²) < 4.78 is 11.4. The average molecular weight is 291 g/mol. The van der Waals surface area contributed by atoms with Crippen LogP contribution in [0.4, 0.5) is 0 Å². The van der Waals surface area contributed by atoms with Gasteiger partial charge in [-0.05, 0) is 34.6 Å². The Balaban J connectivity index is 2.70. The van der Waals surface area contributed by atoms with Crippen molar-refractivity contribution in [1.29, 1.82) is 0 Å². The SMILES string of the molecule is CCN(CCOC)C(CN)c1ccc(Br)o1. The zero-order chi connectivity index (χ0) is 12.0. The largest absolute Gasteiger partial charge is 0.453 e. The first kappa shape index (κ1) is 13.7. The number of rotatable bonds is 7. The van der Waals surface area contributed by atoms with Crippen LogP contribution in [-0.2, 0) is 4.74 Å². The molecule has 5 heteroatoms. The zero-order valence-corrected chi connectivity index (χ0v) is 11.4. The maximum absolute atomic E-state index is 5.80. The average Bonchev–Trinajstić information content (AvgIpc) is 2.70. The van der Waals surface area contributed by atoms with Crippen molar-refractivity contribution in [1.82, 2.24) is 4.90 Å². The minimum absolute atomic E-state index is 0.117. The molecule has 0 aliphatic rings. The van der Waals surface area contributed by atoms with E-state index in [-0.39, 0.29) is 6.04 Å². The number of nitrogens with zero attached hydrogens (tertiary/aromatic N) is 1. The first-order valence-electron chi connectivity index (χ1n) is 5.41. The number of hydrogen-bond donors (Lipinski definition) is 1. The van der Waals surface area contributed by atoms with Crippen LogP contribution in [-0.4, -0.2) is 38.3 Å². The molecule has 0 aliphatic carbocycles. The predicted octanol–water partition coefficient (Wildman–Crippen LogP) is 2.01. The summed E-state index contributed by atoms with van der Waals surface area (Å²) in [6.45, 7) is 5.12. The van der Waals surface area contributed by atoms with E-state index in [1.807, 2.05) is 12.1 Å². The highest BCUT2D eigenvalue weighted by Crippen LogP contribution is 2.24. The summed E-state index contributed by atoms with van der Waals surface area (Å²) in [5, 5.41) is 0. The number of ether oxygens (including phenoxy) is 1. The van der Waals surface area contributed by atoms with Gasteiger partial charge in [-0.2, -0.15) is 0 Å². The highest BCUT2D eigenvalue weighted by atomic mass is 79.9. The fourth-order valence-electron chi connectivity index (χ4n) is 1.70. The second kappa shape index (κ2) is 7.06. The van der Waals surface area contributed by atoms with E-state index < -0.39 is 0 Å². The molecular weight excluding hydrogens is 272 g/mol. The Kier molecular flexibility index (Phi) is 6.05. The number of furan rings is 1. The van der Waals surface area contributed by atoms with Crippen LogP contribution >= 0.6 is 15.9 Å². The van der Waals surface area contributed by atoms with E-state index in [1.165, 1.54) is 0 Å². The van der Waals surface area contributed by atoms with Gasteiger partial charge in [-0.1, -0.05) is 6.92 Å². The lowest BCUT2D eigenvalue weighted by Crippen LogP contribution is -2.35. The topological polar surface area (TPSA) is 51.6 Å². The van der Waals surface area contributed by atoms with Crippen LogP contribution in [0.2, 0.25) is 0 Å². The normalized spacial score (nSPS) is 13.3. The molecule has 0 bridgehead atoms. The Hall–Kier alpha value is -0.360. The van der Waals surface area contributed by atoms with Gasteiger partial charge in [0.25, 0.3) is 0 Å². The third kappa shape index (κ3) is 3.59. The molecule has 0 fully saturated rings. The van der Waals surface area contributed by atoms with Crippen LogP contribution in [0.1, 0.15) is 18.7 Å². The van der Waals surface area contributed by atoms with Crippen LogP contribution < -0.4 is 5.73 Å². The van der Waals surface area contributed by atoms with E-state index in [0.29, 0.717) is 13.2 Å². The van der Waals surface area contributed by atoms with E-state index in [0.717, 1.165) is 23.5 Å². The van der Waals surface area contributed by atoms with Gasteiger partial charge < -0.3 is 14.9 Å². The molecule has 1 atom stereocenters. The standard InChI is InChI=1S/C11H19BrN2O2/c1-3-14(6-7-15-2)9(8-13)10-4-5-11(12)16-10/h4-5,9H,3,6-8,13H2,1-2H3. The molecule has 16 heavy (non-hydrogen) atoms. The molecule has 0 amide bonds. The van der Waals surface area contributed by atoms with Gasteiger partial charge in [0.2, 0.25) is 0 Å². The molecule has 1 unspecified atom stereocenters. The van der Waals surface area contributed by atoms with Gasteiger partial charge in [-0.3, -0.25) is 4.90 Å². The van der Waals surface area contributed by atoms with Crippen molar-refractivity contribution < 1.29 is 9.15 Å². The van der Waals surface area contributed by atoms with Gasteiger partial charge in [0.15, 0.2) is 4.67 Å². The maximum Gasteiger partial charge on any atom is 0.169 e. The molecule has 1 aromatic rings. The van der Waals surface area contributed by atoms with Crippen LogP contribution in [0.3, 0.4) is 0 Å². The summed E-state index contributed by atoms with van der Waals surface area (Å²) in [6.07, 6.45) is 0. The lowest BCUT2D eigenvalue weighted by atomic mass is 10.2. The van der Waals surface area contributed by atoms with Gasteiger partial charge in [-0.15, -0.1) is 0 Å². The van der Waals surface area contributed by atoms with Crippen LogP contribution in [0.25, 0.3) is 0 Å². The minimum Gasteiger partial charge on any atom is -0.453 e. The molecule has 92 valence electrons. The van der Waals surface area contributed by atoms with Crippen LogP contribution in [0.5, 0.6) is 0 Å². The van der Waals surface area contributed by atoms with E-state index in [9.17, 15) is 0 Å². The molecule has 0 aliphatic heterocycles. The third-order valence-electron chi connectivity index (χ3n) is 2.58. The van der Waals surface area contributed by atoms with Gasteiger partial charge >= 0.3 is 0 Å². The molecule has 0 aromatic carbocycles. The summed E-state index contributed by atoms with van der Waals surface area (Å²) in [5.41, 5.74) is 5.80. The van der Waals surface area contributed by atoms with Crippen molar-refractivity contribution >= 4 is 15.9 Å². The number of methoxy groups -OCH3 is 1. The van der Waals surface area contributed by atoms with E-state index in [4.69, 9.17) is 14.9 Å². The molecule has 0 saturated heterocycles. The minimum atomic E-state index is 0.117. The lowest BCUT2D eigenvalue weighted by molar-refractivity contribution is 0.117. The molecule has 1 rings (SSSR count). The maximum atomic E-state index is 5.80. The summed E-state index contributed by atoms with van der Waals surface area (Å²) in [5.74, 6) is 0.896. The van der Waals surface area contributed by atoms with Crippen LogP contribution in [0.15, 0.2) is 21.2 Å². The molecule has 0 saturated carbocycles. The van der Waals surface area contributed by atoms with Crippen molar-refractivity contribution in [3.05, 3.63) is 22.6 Å². The van der Waals surface area contributed by atoms with Crippen LogP contribution in [0, 0.1) is 0 Å².